The molecule has 6 aromatic rings. The lowest BCUT2D eigenvalue weighted by Crippen LogP contribution is -2.13. The van der Waals surface area contributed by atoms with Gasteiger partial charge in [-0.2, -0.15) is 0 Å². The van der Waals surface area contributed by atoms with Crippen molar-refractivity contribution in [2.24, 2.45) is 0 Å². The normalized spacial score (nSPS) is 10.9. The number of hydrogen-bond acceptors (Lipinski definition) is 9. The summed E-state index contributed by atoms with van der Waals surface area (Å²) in [5, 5.41) is 10.6. The molecule has 0 spiro atoms. The number of rotatable bonds is 7. The molecule has 3 N–H and O–H groups in total. The average Bonchev–Trinajstić information content (AvgIpc) is 3.56. The molecule has 40 heavy (non-hydrogen) atoms. The van der Waals surface area contributed by atoms with Crippen molar-refractivity contribution < 1.29 is 14.2 Å². The van der Waals surface area contributed by atoms with Gasteiger partial charge in [-0.05, 0) is 58.8 Å². The van der Waals surface area contributed by atoms with Gasteiger partial charge in [-0.15, -0.1) is 0 Å². The lowest BCUT2D eigenvalue weighted by Gasteiger charge is -2.13. The van der Waals surface area contributed by atoms with E-state index in [0.29, 0.717) is 39.9 Å². The smallest absolute Gasteiger partial charge is 0.255 e. The summed E-state index contributed by atoms with van der Waals surface area (Å²) in [7, 11) is 3.90. The highest BCUT2D eigenvalue weighted by Gasteiger charge is 2.21. The highest BCUT2D eigenvalue weighted by atomic mass is 16.6. The van der Waals surface area contributed by atoms with E-state index in [1.165, 1.54) is 0 Å². The number of fused-ring (bicyclic) bond motifs is 1. The summed E-state index contributed by atoms with van der Waals surface area (Å²) in [4.78, 5) is 23.9. The number of imidazole rings is 1. The monoisotopic (exact) mass is 532 g/mol. The van der Waals surface area contributed by atoms with E-state index in [-0.39, 0.29) is 11.7 Å². The molecule has 3 heterocycles. The van der Waals surface area contributed by atoms with Crippen molar-refractivity contribution in [2.75, 3.05) is 30.0 Å². The van der Waals surface area contributed by atoms with Crippen LogP contribution in [0.25, 0.3) is 28.2 Å². The lowest BCUT2D eigenvalue weighted by molar-refractivity contribution is 0.102. The Labute approximate surface area is 228 Å². The quantitative estimate of drug-likeness (QED) is 0.285. The summed E-state index contributed by atoms with van der Waals surface area (Å²) in [6.45, 7) is 0. The molecule has 0 saturated heterocycles. The van der Waals surface area contributed by atoms with Gasteiger partial charge in [0.25, 0.3) is 5.91 Å². The number of nitrogen functional groups attached to an aromatic ring is 1. The largest absolute Gasteiger partial charge is 0.439 e. The molecule has 0 fully saturated rings. The number of carbonyl (C=O) groups excluding carboxylic acids is 1. The van der Waals surface area contributed by atoms with Crippen molar-refractivity contribution in [3.05, 3.63) is 96.7 Å². The second-order valence-corrected chi connectivity index (χ2v) is 9.14. The van der Waals surface area contributed by atoms with E-state index in [1.807, 2.05) is 66.0 Å². The van der Waals surface area contributed by atoms with Crippen molar-refractivity contribution in [2.45, 2.75) is 0 Å². The molecule has 1 amide bonds. The second-order valence-electron chi connectivity index (χ2n) is 9.14. The number of hydrogen-bond donors (Lipinski definition) is 2. The Hall–Kier alpha value is -5.71. The van der Waals surface area contributed by atoms with Gasteiger partial charge in [-0.1, -0.05) is 24.3 Å². The van der Waals surface area contributed by atoms with Crippen LogP contribution in [0.15, 0.2) is 95.8 Å². The van der Waals surface area contributed by atoms with E-state index >= 15 is 0 Å². The van der Waals surface area contributed by atoms with Gasteiger partial charge in [0.1, 0.15) is 11.3 Å². The Morgan fingerprint density at radius 1 is 0.975 bits per heavy atom. The summed E-state index contributed by atoms with van der Waals surface area (Å²) >= 11 is 0. The van der Waals surface area contributed by atoms with Crippen LogP contribution in [-0.4, -0.2) is 44.9 Å². The SMILES string of the molecule is CN(C)c1ccc(C(=O)Nc2cccc(Oc3cc4c(cn3)nc(-c3nonc3N)n4-c3ccccc3)c2)cc1. The number of carbonyl (C=O) groups is 1. The van der Waals surface area contributed by atoms with Crippen LogP contribution >= 0.6 is 0 Å². The molecule has 6 rings (SSSR count). The van der Waals surface area contributed by atoms with Crippen LogP contribution in [0.3, 0.4) is 0 Å². The molecule has 3 aromatic carbocycles. The highest BCUT2D eigenvalue weighted by Crippen LogP contribution is 2.32. The maximum Gasteiger partial charge on any atom is 0.255 e. The molecular formula is C29H24N8O3. The number of para-hydroxylation sites is 1. The van der Waals surface area contributed by atoms with Crippen molar-refractivity contribution in [1.82, 2.24) is 24.8 Å². The van der Waals surface area contributed by atoms with Gasteiger partial charge >= 0.3 is 0 Å². The lowest BCUT2D eigenvalue weighted by atomic mass is 10.2. The Morgan fingerprint density at radius 2 is 1.77 bits per heavy atom. The summed E-state index contributed by atoms with van der Waals surface area (Å²) < 4.78 is 12.8. The van der Waals surface area contributed by atoms with Gasteiger partial charge < -0.3 is 20.7 Å². The Kier molecular flexibility index (Phi) is 6.29. The third kappa shape index (κ3) is 4.78. The van der Waals surface area contributed by atoms with Crippen LogP contribution in [0.1, 0.15) is 10.4 Å². The van der Waals surface area contributed by atoms with Gasteiger partial charge in [-0.3, -0.25) is 9.36 Å². The molecule has 0 radical (unpaired) electrons. The number of amides is 1. The van der Waals surface area contributed by atoms with Crippen LogP contribution in [0.2, 0.25) is 0 Å². The Balaban J connectivity index is 1.29. The summed E-state index contributed by atoms with van der Waals surface area (Å²) in [6.07, 6.45) is 1.61. The van der Waals surface area contributed by atoms with Crippen LogP contribution in [-0.2, 0) is 0 Å². The zero-order valence-electron chi connectivity index (χ0n) is 21.6. The second kappa shape index (κ2) is 10.2. The highest BCUT2D eigenvalue weighted by molar-refractivity contribution is 6.04. The van der Waals surface area contributed by atoms with Crippen molar-refractivity contribution in [1.29, 1.82) is 0 Å². The minimum absolute atomic E-state index is 0.129. The van der Waals surface area contributed by atoms with E-state index in [4.69, 9.17) is 15.1 Å². The molecule has 0 saturated carbocycles. The number of ether oxygens (including phenoxy) is 1. The maximum atomic E-state index is 12.8. The molecule has 0 unspecified atom stereocenters. The first-order valence-corrected chi connectivity index (χ1v) is 12.4. The fourth-order valence-electron chi connectivity index (χ4n) is 4.24. The van der Waals surface area contributed by atoms with Crippen molar-refractivity contribution in [3.8, 4) is 28.8 Å². The van der Waals surface area contributed by atoms with E-state index in [2.05, 4.69) is 25.6 Å². The van der Waals surface area contributed by atoms with Gasteiger partial charge in [0.05, 0.1) is 11.7 Å². The molecule has 0 aliphatic rings. The number of anilines is 3. The number of nitrogens with one attached hydrogen (secondary N) is 1. The minimum atomic E-state index is -0.220. The predicted molar refractivity (Wildman–Crippen MR) is 152 cm³/mol. The summed E-state index contributed by atoms with van der Waals surface area (Å²) in [6, 6.07) is 25.9. The minimum Gasteiger partial charge on any atom is -0.439 e. The van der Waals surface area contributed by atoms with Crippen molar-refractivity contribution >= 4 is 34.1 Å². The standard InChI is InChI=1S/C29H24N8O3/c1-36(2)20-13-11-18(12-14-20)29(38)32-19-7-6-10-22(15-19)39-25-16-24-23(17-31-25)33-28(26-27(30)35-40-34-26)37(24)21-8-4-3-5-9-21/h3-17H,1-2H3,(H2,30,35)(H,32,38). The number of nitrogens with zero attached hydrogens (tertiary/aromatic N) is 6. The third-order valence-electron chi connectivity index (χ3n) is 6.22. The van der Waals surface area contributed by atoms with Crippen LogP contribution in [0, 0.1) is 0 Å². The topological polar surface area (TPSA) is 137 Å². The summed E-state index contributed by atoms with van der Waals surface area (Å²) in [5.41, 5.74) is 10.6. The molecule has 0 aliphatic carbocycles. The zero-order chi connectivity index (χ0) is 27.6. The number of aromatic nitrogens is 5. The van der Waals surface area contributed by atoms with Gasteiger partial charge in [0.2, 0.25) is 5.88 Å². The number of pyridine rings is 1. The molecule has 11 nitrogen and oxygen atoms in total. The van der Waals surface area contributed by atoms with Gasteiger partial charge in [0, 0.05) is 48.9 Å². The Bertz CT molecular complexity index is 1810. The molecule has 3 aromatic heterocycles. The van der Waals surface area contributed by atoms with Gasteiger partial charge in [0.15, 0.2) is 17.3 Å². The first kappa shape index (κ1) is 24.6. The maximum absolute atomic E-state index is 12.8. The Morgan fingerprint density at radius 3 is 2.50 bits per heavy atom. The summed E-state index contributed by atoms with van der Waals surface area (Å²) in [5.74, 6) is 1.21. The van der Waals surface area contributed by atoms with Crippen LogP contribution in [0.5, 0.6) is 11.6 Å². The molecule has 198 valence electrons. The van der Waals surface area contributed by atoms with Crippen molar-refractivity contribution in [3.63, 3.8) is 0 Å². The van der Waals surface area contributed by atoms with E-state index in [9.17, 15) is 4.79 Å². The average molecular weight is 533 g/mol. The van der Waals surface area contributed by atoms with Crippen LogP contribution in [0.4, 0.5) is 17.2 Å². The predicted octanol–water partition coefficient (Wildman–Crippen LogP) is 5.16. The van der Waals surface area contributed by atoms with E-state index in [1.54, 1.807) is 48.7 Å². The molecule has 0 aliphatic heterocycles. The molecule has 0 atom stereocenters. The van der Waals surface area contributed by atoms with Crippen LogP contribution < -0.4 is 20.7 Å². The fraction of sp³-hybridized carbons (Fsp3) is 0.0690. The first-order valence-electron chi connectivity index (χ1n) is 12.4. The number of nitrogens with two attached hydrogens (primary N) is 1. The van der Waals surface area contributed by atoms with E-state index < -0.39 is 0 Å². The van der Waals surface area contributed by atoms with E-state index in [0.717, 1.165) is 16.9 Å². The first-order chi connectivity index (χ1) is 19.5. The third-order valence-corrected chi connectivity index (χ3v) is 6.22. The van der Waals surface area contributed by atoms with Gasteiger partial charge in [-0.25, -0.2) is 14.6 Å². The fourth-order valence-corrected chi connectivity index (χ4v) is 4.24. The number of benzene rings is 3. The molecule has 0 bridgehead atoms. The molecule has 11 heteroatoms. The molecular weight excluding hydrogens is 508 g/mol. The zero-order valence-corrected chi connectivity index (χ0v) is 21.6.